The zero-order valence-electron chi connectivity index (χ0n) is 15.6. The molecule has 1 heterocycles. The van der Waals surface area contributed by atoms with Gasteiger partial charge < -0.3 is 9.15 Å². The number of carbonyl (C=O) groups is 1. The second kappa shape index (κ2) is 9.15. The molecular formula is C23H16BrClN2O3. The maximum atomic E-state index is 12.3. The highest BCUT2D eigenvalue weighted by atomic mass is 79.9. The van der Waals surface area contributed by atoms with Gasteiger partial charge in [-0.15, -0.1) is 0 Å². The van der Waals surface area contributed by atoms with E-state index in [-0.39, 0.29) is 5.76 Å². The maximum Gasteiger partial charge on any atom is 0.307 e. The number of para-hydroxylation sites is 1. The summed E-state index contributed by atoms with van der Waals surface area (Å²) in [5.41, 5.74) is 4.72. The van der Waals surface area contributed by atoms with Crippen LogP contribution in [0.4, 0.5) is 0 Å². The van der Waals surface area contributed by atoms with Crippen molar-refractivity contribution in [2.45, 2.75) is 6.61 Å². The Hall–Kier alpha value is -3.09. The molecule has 1 aromatic heterocycles. The molecule has 0 unspecified atom stereocenters. The predicted octanol–water partition coefficient (Wildman–Crippen LogP) is 6.19. The molecule has 4 rings (SSSR count). The van der Waals surface area contributed by atoms with E-state index in [1.54, 1.807) is 12.1 Å². The first-order valence-electron chi connectivity index (χ1n) is 9.08. The lowest BCUT2D eigenvalue weighted by atomic mass is 10.2. The first-order chi connectivity index (χ1) is 14.6. The molecule has 0 radical (unpaired) electrons. The number of fused-ring (bicyclic) bond motifs is 1. The number of halogens is 2. The molecule has 0 saturated carbocycles. The summed E-state index contributed by atoms with van der Waals surface area (Å²) in [4.78, 5) is 12.3. The van der Waals surface area contributed by atoms with Gasteiger partial charge in [0.2, 0.25) is 0 Å². The molecule has 4 aromatic rings. The Labute approximate surface area is 186 Å². The Bertz CT molecular complexity index is 1240. The van der Waals surface area contributed by atoms with Crippen LogP contribution in [-0.4, -0.2) is 12.1 Å². The summed E-state index contributed by atoms with van der Waals surface area (Å²) in [5, 5.41) is 5.52. The van der Waals surface area contributed by atoms with Crippen molar-refractivity contribution in [1.82, 2.24) is 5.43 Å². The van der Waals surface area contributed by atoms with Crippen LogP contribution in [0.1, 0.15) is 21.7 Å². The summed E-state index contributed by atoms with van der Waals surface area (Å²) in [6.07, 6.45) is 1.53. The molecule has 0 fully saturated rings. The molecule has 0 bridgehead atoms. The first-order valence-corrected chi connectivity index (χ1v) is 10.2. The van der Waals surface area contributed by atoms with Crippen LogP contribution in [-0.2, 0) is 6.61 Å². The van der Waals surface area contributed by atoms with Crippen LogP contribution in [0, 0.1) is 0 Å². The van der Waals surface area contributed by atoms with Crippen molar-refractivity contribution in [3.8, 4) is 5.75 Å². The number of nitrogens with zero attached hydrogens (tertiary/aromatic N) is 1. The number of rotatable bonds is 6. The highest BCUT2D eigenvalue weighted by molar-refractivity contribution is 9.10. The summed E-state index contributed by atoms with van der Waals surface area (Å²) in [7, 11) is 0. The van der Waals surface area contributed by atoms with Crippen LogP contribution >= 0.6 is 27.5 Å². The SMILES string of the molecule is O=C(N/N=C/c1ccccc1OCc1ccccc1Cl)c1cc2cc(Br)ccc2o1. The highest BCUT2D eigenvalue weighted by Crippen LogP contribution is 2.23. The fourth-order valence-electron chi connectivity index (χ4n) is 2.83. The summed E-state index contributed by atoms with van der Waals surface area (Å²) in [5.74, 6) is 0.376. The van der Waals surface area contributed by atoms with Crippen molar-refractivity contribution < 1.29 is 13.9 Å². The van der Waals surface area contributed by atoms with Gasteiger partial charge in [-0.2, -0.15) is 5.10 Å². The Kier molecular flexibility index (Phi) is 6.16. The molecule has 1 amide bonds. The Morgan fingerprint density at radius 1 is 1.10 bits per heavy atom. The summed E-state index contributed by atoms with van der Waals surface area (Å²) < 4.78 is 12.4. The molecular weight excluding hydrogens is 468 g/mol. The molecule has 0 aliphatic rings. The minimum atomic E-state index is -0.437. The van der Waals surface area contributed by atoms with Gasteiger partial charge in [0, 0.05) is 26.0 Å². The van der Waals surface area contributed by atoms with Gasteiger partial charge in [0.15, 0.2) is 5.76 Å². The van der Waals surface area contributed by atoms with Crippen LogP contribution in [0.2, 0.25) is 5.02 Å². The second-order valence-electron chi connectivity index (χ2n) is 6.41. The summed E-state index contributed by atoms with van der Waals surface area (Å²) >= 11 is 9.58. The van der Waals surface area contributed by atoms with Crippen LogP contribution in [0.5, 0.6) is 5.75 Å². The van der Waals surface area contributed by atoms with E-state index in [0.29, 0.717) is 23.0 Å². The van der Waals surface area contributed by atoms with Crippen molar-refractivity contribution in [2.75, 3.05) is 0 Å². The van der Waals surface area contributed by atoms with Crippen LogP contribution in [0.3, 0.4) is 0 Å². The Morgan fingerprint density at radius 3 is 2.77 bits per heavy atom. The number of hydrazone groups is 1. The number of nitrogens with one attached hydrogen (secondary N) is 1. The Balaban J connectivity index is 1.43. The number of ether oxygens (including phenoxy) is 1. The third kappa shape index (κ3) is 4.72. The molecule has 5 nitrogen and oxygen atoms in total. The van der Waals surface area contributed by atoms with Gasteiger partial charge >= 0.3 is 5.91 Å². The molecule has 1 N–H and O–H groups in total. The predicted molar refractivity (Wildman–Crippen MR) is 121 cm³/mol. The van der Waals surface area contributed by atoms with Gasteiger partial charge in [0.25, 0.3) is 0 Å². The van der Waals surface area contributed by atoms with Crippen LogP contribution in [0.25, 0.3) is 11.0 Å². The largest absolute Gasteiger partial charge is 0.488 e. The van der Waals surface area contributed by atoms with E-state index >= 15 is 0 Å². The van der Waals surface area contributed by atoms with Gasteiger partial charge in [-0.1, -0.05) is 57.9 Å². The van der Waals surface area contributed by atoms with Crippen molar-refractivity contribution in [1.29, 1.82) is 0 Å². The first kappa shape index (κ1) is 20.2. The lowest BCUT2D eigenvalue weighted by Crippen LogP contribution is -2.16. The topological polar surface area (TPSA) is 63.8 Å². The summed E-state index contributed by atoms with van der Waals surface area (Å²) in [6, 6.07) is 22.1. The van der Waals surface area contributed by atoms with E-state index in [1.165, 1.54) is 6.21 Å². The van der Waals surface area contributed by atoms with Gasteiger partial charge in [0.05, 0.1) is 6.21 Å². The average Bonchev–Trinajstić information content (AvgIpc) is 3.17. The van der Waals surface area contributed by atoms with Gasteiger partial charge in [-0.3, -0.25) is 4.79 Å². The average molecular weight is 484 g/mol. The van der Waals surface area contributed by atoms with E-state index in [0.717, 1.165) is 21.0 Å². The van der Waals surface area contributed by atoms with Gasteiger partial charge in [-0.05, 0) is 42.5 Å². The number of hydrogen-bond donors (Lipinski definition) is 1. The van der Waals surface area contributed by atoms with E-state index in [1.807, 2.05) is 60.7 Å². The third-order valence-corrected chi connectivity index (χ3v) is 5.19. The van der Waals surface area contributed by atoms with Crippen molar-refractivity contribution in [3.05, 3.63) is 99.2 Å². The van der Waals surface area contributed by atoms with Crippen LogP contribution in [0.15, 0.2) is 86.8 Å². The number of carbonyl (C=O) groups excluding carboxylic acids is 1. The molecule has 0 atom stereocenters. The molecule has 3 aromatic carbocycles. The highest BCUT2D eigenvalue weighted by Gasteiger charge is 2.12. The van der Waals surface area contributed by atoms with E-state index in [4.69, 9.17) is 20.8 Å². The van der Waals surface area contributed by atoms with Crippen molar-refractivity contribution in [2.24, 2.45) is 5.10 Å². The number of amides is 1. The second-order valence-corrected chi connectivity index (χ2v) is 7.73. The van der Waals surface area contributed by atoms with E-state index < -0.39 is 5.91 Å². The minimum Gasteiger partial charge on any atom is -0.488 e. The quantitative estimate of drug-likeness (QED) is 0.263. The fraction of sp³-hybridized carbons (Fsp3) is 0.0435. The minimum absolute atomic E-state index is 0.184. The number of benzene rings is 3. The van der Waals surface area contributed by atoms with Gasteiger partial charge in [-0.25, -0.2) is 5.43 Å². The molecule has 150 valence electrons. The Morgan fingerprint density at radius 2 is 1.90 bits per heavy atom. The number of hydrogen-bond acceptors (Lipinski definition) is 4. The number of furan rings is 1. The standard InChI is InChI=1S/C23H16BrClN2O3/c24-18-9-10-21-17(11-18)12-22(30-21)23(28)27-26-13-15-5-2-4-8-20(15)29-14-16-6-1-3-7-19(16)25/h1-13H,14H2,(H,27,28)/b26-13+. The molecule has 0 aliphatic heterocycles. The normalized spacial score (nSPS) is 11.1. The molecule has 7 heteroatoms. The fourth-order valence-corrected chi connectivity index (χ4v) is 3.40. The molecule has 30 heavy (non-hydrogen) atoms. The van der Waals surface area contributed by atoms with E-state index in [2.05, 4.69) is 26.5 Å². The van der Waals surface area contributed by atoms with Crippen molar-refractivity contribution >= 4 is 50.6 Å². The summed E-state index contributed by atoms with van der Waals surface area (Å²) in [6.45, 7) is 0.325. The monoisotopic (exact) mass is 482 g/mol. The third-order valence-electron chi connectivity index (χ3n) is 4.33. The molecule has 0 saturated heterocycles. The maximum absolute atomic E-state index is 12.3. The lowest BCUT2D eigenvalue weighted by Gasteiger charge is -2.10. The molecule has 0 aliphatic carbocycles. The molecule has 0 spiro atoms. The smallest absolute Gasteiger partial charge is 0.307 e. The van der Waals surface area contributed by atoms with E-state index in [9.17, 15) is 4.79 Å². The van der Waals surface area contributed by atoms with Crippen molar-refractivity contribution in [3.63, 3.8) is 0 Å². The zero-order valence-corrected chi connectivity index (χ0v) is 18.0. The van der Waals surface area contributed by atoms with Gasteiger partial charge in [0.1, 0.15) is 17.9 Å². The zero-order chi connectivity index (χ0) is 20.9. The van der Waals surface area contributed by atoms with Crippen LogP contribution < -0.4 is 10.2 Å². The lowest BCUT2D eigenvalue weighted by molar-refractivity contribution is 0.0929.